The van der Waals surface area contributed by atoms with Gasteiger partial charge in [-0.15, -0.1) is 11.3 Å². The molecule has 3 rings (SSSR count). The van der Waals surface area contributed by atoms with Gasteiger partial charge in [0.15, 0.2) is 0 Å². The molecule has 0 radical (unpaired) electrons. The molecule has 2 aromatic heterocycles. The summed E-state index contributed by atoms with van der Waals surface area (Å²) >= 11 is 1.55. The number of thiophene rings is 1. The Morgan fingerprint density at radius 3 is 2.65 bits per heavy atom. The molecule has 1 N–H and O–H groups in total. The Labute approximate surface area is 139 Å². The van der Waals surface area contributed by atoms with Gasteiger partial charge in [0.25, 0.3) is 5.56 Å². The summed E-state index contributed by atoms with van der Waals surface area (Å²) in [6.07, 6.45) is 2.36. The van der Waals surface area contributed by atoms with Gasteiger partial charge < -0.3 is 5.32 Å². The first-order chi connectivity index (χ1) is 11.0. The number of nitrogens with one attached hydrogen (secondary N) is 1. The van der Waals surface area contributed by atoms with Crippen molar-refractivity contribution in [3.05, 3.63) is 26.6 Å². The number of aryl methyl sites for hydroxylation is 2. The van der Waals surface area contributed by atoms with E-state index >= 15 is 0 Å². The van der Waals surface area contributed by atoms with E-state index in [4.69, 9.17) is 4.98 Å². The van der Waals surface area contributed by atoms with E-state index in [9.17, 15) is 9.59 Å². The van der Waals surface area contributed by atoms with Gasteiger partial charge in [0.05, 0.1) is 11.9 Å². The van der Waals surface area contributed by atoms with Crippen LogP contribution in [0, 0.1) is 13.8 Å². The van der Waals surface area contributed by atoms with E-state index in [0.717, 1.165) is 28.4 Å². The zero-order valence-electron chi connectivity index (χ0n) is 13.8. The van der Waals surface area contributed by atoms with Crippen LogP contribution in [-0.4, -0.2) is 40.5 Å². The van der Waals surface area contributed by atoms with Crippen LogP contribution >= 0.6 is 11.3 Å². The van der Waals surface area contributed by atoms with Gasteiger partial charge in [-0.25, -0.2) is 4.98 Å². The Bertz CT molecular complexity index is 802. The zero-order valence-corrected chi connectivity index (χ0v) is 14.6. The van der Waals surface area contributed by atoms with Crippen LogP contribution in [0.2, 0.25) is 0 Å². The molecule has 124 valence electrons. The largest absolute Gasteiger partial charge is 0.358 e. The number of hydrogen-bond donors (Lipinski definition) is 1. The molecule has 0 aromatic carbocycles. The second kappa shape index (κ2) is 6.41. The number of carbonyl (C=O) groups excluding carboxylic acids is 1. The molecular weight excluding hydrogens is 312 g/mol. The topological polar surface area (TPSA) is 67.2 Å². The maximum absolute atomic E-state index is 12.9. The van der Waals surface area contributed by atoms with Gasteiger partial charge in [0.2, 0.25) is 5.91 Å². The molecule has 3 heterocycles. The first-order valence-electron chi connectivity index (χ1n) is 7.93. The summed E-state index contributed by atoms with van der Waals surface area (Å²) in [7, 11) is 1.58. The third-order valence-electron chi connectivity index (χ3n) is 4.51. The van der Waals surface area contributed by atoms with Gasteiger partial charge in [-0.2, -0.15) is 0 Å². The number of rotatable bonds is 4. The second-order valence-electron chi connectivity index (χ2n) is 6.04. The Hall–Kier alpha value is -1.73. The fourth-order valence-electron chi connectivity index (χ4n) is 3.02. The summed E-state index contributed by atoms with van der Waals surface area (Å²) in [6, 6.07) is 0. The lowest BCUT2D eigenvalue weighted by atomic mass is 10.2. The van der Waals surface area contributed by atoms with Crippen LogP contribution in [0.15, 0.2) is 4.79 Å². The smallest absolute Gasteiger partial charge is 0.263 e. The standard InChI is InChI=1S/C16H22N4O2S/c1-10-11(2)23-15-14(10)16(22)20(9-13(21)17-3)12(18-15)8-19-6-4-5-7-19/h4-9H2,1-3H3,(H,17,21). The van der Waals surface area contributed by atoms with Gasteiger partial charge in [-0.05, 0) is 45.3 Å². The average molecular weight is 334 g/mol. The molecule has 1 aliphatic rings. The van der Waals surface area contributed by atoms with Crippen LogP contribution in [0.3, 0.4) is 0 Å². The van der Waals surface area contributed by atoms with Crippen LogP contribution in [-0.2, 0) is 17.9 Å². The molecule has 7 heteroatoms. The van der Waals surface area contributed by atoms with Crippen LogP contribution in [0.25, 0.3) is 10.2 Å². The van der Waals surface area contributed by atoms with Crippen LogP contribution < -0.4 is 10.9 Å². The van der Waals surface area contributed by atoms with Crippen LogP contribution in [0.4, 0.5) is 0 Å². The summed E-state index contributed by atoms with van der Waals surface area (Å²) in [5.41, 5.74) is 0.871. The highest BCUT2D eigenvalue weighted by Crippen LogP contribution is 2.26. The number of nitrogens with zero attached hydrogens (tertiary/aromatic N) is 3. The van der Waals surface area contributed by atoms with Gasteiger partial charge in [-0.1, -0.05) is 0 Å². The zero-order chi connectivity index (χ0) is 16.6. The molecule has 0 unspecified atom stereocenters. The maximum atomic E-state index is 12.9. The minimum absolute atomic E-state index is 0.0236. The van der Waals surface area contributed by atoms with E-state index in [1.807, 2.05) is 13.8 Å². The van der Waals surface area contributed by atoms with Crippen molar-refractivity contribution in [1.29, 1.82) is 0 Å². The van der Waals surface area contributed by atoms with E-state index < -0.39 is 0 Å². The third kappa shape index (κ3) is 3.03. The Balaban J connectivity index is 2.12. The van der Waals surface area contributed by atoms with E-state index in [1.54, 1.807) is 23.0 Å². The Kier molecular flexibility index (Phi) is 4.50. The molecule has 1 fully saturated rings. The number of hydrogen-bond acceptors (Lipinski definition) is 5. The minimum Gasteiger partial charge on any atom is -0.358 e. The summed E-state index contributed by atoms with van der Waals surface area (Å²) in [4.78, 5) is 33.7. The molecule has 1 amide bonds. The van der Waals surface area contributed by atoms with E-state index in [1.165, 1.54) is 12.8 Å². The third-order valence-corrected chi connectivity index (χ3v) is 5.61. The van der Waals surface area contributed by atoms with Crippen molar-refractivity contribution >= 4 is 27.5 Å². The predicted octanol–water partition coefficient (Wildman–Crippen LogP) is 1.42. The molecule has 1 aliphatic heterocycles. The first kappa shape index (κ1) is 16.1. The molecule has 0 bridgehead atoms. The fourth-order valence-corrected chi connectivity index (χ4v) is 4.06. The predicted molar refractivity (Wildman–Crippen MR) is 91.9 cm³/mol. The molecule has 6 nitrogen and oxygen atoms in total. The molecule has 0 saturated carbocycles. The van der Waals surface area contributed by atoms with Crippen molar-refractivity contribution in [3.63, 3.8) is 0 Å². The summed E-state index contributed by atoms with van der Waals surface area (Å²) in [6.45, 7) is 6.65. The van der Waals surface area contributed by atoms with Gasteiger partial charge in [-0.3, -0.25) is 19.1 Å². The minimum atomic E-state index is -0.180. The summed E-state index contributed by atoms with van der Waals surface area (Å²) in [5, 5.41) is 3.25. The van der Waals surface area contributed by atoms with Crippen molar-refractivity contribution < 1.29 is 4.79 Å². The van der Waals surface area contributed by atoms with Crippen LogP contribution in [0.5, 0.6) is 0 Å². The van der Waals surface area contributed by atoms with E-state index in [0.29, 0.717) is 17.8 Å². The van der Waals surface area contributed by atoms with Gasteiger partial charge >= 0.3 is 0 Å². The highest BCUT2D eigenvalue weighted by atomic mass is 32.1. The molecule has 0 spiro atoms. The lowest BCUT2D eigenvalue weighted by molar-refractivity contribution is -0.121. The quantitative estimate of drug-likeness (QED) is 0.918. The van der Waals surface area contributed by atoms with Crippen molar-refractivity contribution in [1.82, 2.24) is 19.8 Å². The highest BCUT2D eigenvalue weighted by molar-refractivity contribution is 7.18. The van der Waals surface area contributed by atoms with Gasteiger partial charge in [0.1, 0.15) is 17.2 Å². The van der Waals surface area contributed by atoms with E-state index in [-0.39, 0.29) is 18.0 Å². The average Bonchev–Trinajstić information content (AvgIpc) is 3.12. The number of fused-ring (bicyclic) bond motifs is 1. The molecule has 2 aromatic rings. The van der Waals surface area contributed by atoms with Crippen molar-refractivity contribution in [2.75, 3.05) is 20.1 Å². The monoisotopic (exact) mass is 334 g/mol. The van der Waals surface area contributed by atoms with Crippen molar-refractivity contribution in [2.45, 2.75) is 39.8 Å². The normalized spacial score (nSPS) is 15.4. The molecular formula is C16H22N4O2S. The lowest BCUT2D eigenvalue weighted by Gasteiger charge is -2.18. The number of likely N-dealkylation sites (N-methyl/N-ethyl adjacent to an activating group) is 1. The van der Waals surface area contributed by atoms with Crippen molar-refractivity contribution in [2.24, 2.45) is 0 Å². The second-order valence-corrected chi connectivity index (χ2v) is 7.24. The molecule has 1 saturated heterocycles. The SMILES string of the molecule is CNC(=O)Cn1c(CN2CCCC2)nc2sc(C)c(C)c2c1=O. The highest BCUT2D eigenvalue weighted by Gasteiger charge is 2.20. The molecule has 0 atom stereocenters. The van der Waals surface area contributed by atoms with Crippen LogP contribution in [0.1, 0.15) is 29.1 Å². The summed E-state index contributed by atoms with van der Waals surface area (Å²) in [5.74, 6) is 0.509. The lowest BCUT2D eigenvalue weighted by Crippen LogP contribution is -2.35. The molecule has 23 heavy (non-hydrogen) atoms. The maximum Gasteiger partial charge on any atom is 0.263 e. The van der Waals surface area contributed by atoms with Crippen molar-refractivity contribution in [3.8, 4) is 0 Å². The summed E-state index contributed by atoms with van der Waals surface area (Å²) < 4.78 is 1.54. The number of carbonyl (C=O) groups is 1. The number of amides is 1. The van der Waals surface area contributed by atoms with Gasteiger partial charge in [0, 0.05) is 11.9 Å². The Morgan fingerprint density at radius 2 is 2.00 bits per heavy atom. The van der Waals surface area contributed by atoms with E-state index in [2.05, 4.69) is 10.2 Å². The first-order valence-corrected chi connectivity index (χ1v) is 8.75. The molecule has 0 aliphatic carbocycles. The number of aromatic nitrogens is 2. The number of likely N-dealkylation sites (tertiary alicyclic amines) is 1. The fraction of sp³-hybridized carbons (Fsp3) is 0.562. The Morgan fingerprint density at radius 1 is 1.30 bits per heavy atom.